The first kappa shape index (κ1) is 23.7. The van der Waals surface area contributed by atoms with E-state index in [4.69, 9.17) is 20.5 Å². The molecule has 2 fully saturated rings. The summed E-state index contributed by atoms with van der Waals surface area (Å²) < 4.78 is 35.8. The molecule has 2 N–H and O–H groups in total. The Kier molecular flexibility index (Phi) is 6.22. The predicted molar refractivity (Wildman–Crippen MR) is 132 cm³/mol. The lowest BCUT2D eigenvalue weighted by molar-refractivity contribution is 0.0344. The highest BCUT2D eigenvalue weighted by molar-refractivity contribution is 8.26. The number of hydrogen-bond donors (Lipinski definition) is 2. The van der Waals surface area contributed by atoms with Gasteiger partial charge >= 0.3 is 0 Å². The van der Waals surface area contributed by atoms with Crippen LogP contribution in [0.1, 0.15) is 37.8 Å². The van der Waals surface area contributed by atoms with E-state index in [1.807, 2.05) is 23.6 Å². The fraction of sp³-hybridized carbons (Fsp3) is 0.417. The van der Waals surface area contributed by atoms with Gasteiger partial charge < -0.3 is 14.5 Å². The second kappa shape index (κ2) is 9.19. The van der Waals surface area contributed by atoms with Crippen molar-refractivity contribution in [3.63, 3.8) is 0 Å². The molecule has 0 amide bonds. The molecule has 2 saturated heterocycles. The highest BCUT2D eigenvalue weighted by Crippen LogP contribution is 2.42. The van der Waals surface area contributed by atoms with Gasteiger partial charge in [-0.1, -0.05) is 0 Å². The third kappa shape index (κ3) is 4.27. The van der Waals surface area contributed by atoms with Crippen molar-refractivity contribution in [3.05, 3.63) is 59.4 Å². The van der Waals surface area contributed by atoms with Crippen LogP contribution in [-0.2, 0) is 10.3 Å². The van der Waals surface area contributed by atoms with Crippen molar-refractivity contribution in [2.45, 2.75) is 38.3 Å². The highest BCUT2D eigenvalue weighted by atomic mass is 32.2. The van der Waals surface area contributed by atoms with E-state index >= 15 is 0 Å². The molecule has 0 saturated carbocycles. The SMILES string of the molecule is C[C@@H]1COCCN1C(=N)SC(=N)c1cnn2ccc(N3CCC[C@]3(C)c3cc(F)ccc3F)nc12. The van der Waals surface area contributed by atoms with Gasteiger partial charge in [-0.3, -0.25) is 10.8 Å². The number of benzene rings is 1. The fourth-order valence-electron chi connectivity index (χ4n) is 4.93. The largest absolute Gasteiger partial charge is 0.377 e. The molecule has 35 heavy (non-hydrogen) atoms. The average molecular weight is 500 g/mol. The molecule has 0 aliphatic carbocycles. The number of morpholine rings is 1. The number of thioether (sulfide) groups is 1. The number of fused-ring (bicyclic) bond motifs is 1. The number of anilines is 1. The Balaban J connectivity index is 1.44. The van der Waals surface area contributed by atoms with Crippen molar-refractivity contribution in [1.29, 1.82) is 10.8 Å². The maximum atomic E-state index is 14.7. The summed E-state index contributed by atoms with van der Waals surface area (Å²) in [6.45, 7) is 6.27. The number of hydrogen-bond acceptors (Lipinski definition) is 7. The minimum Gasteiger partial charge on any atom is -0.377 e. The van der Waals surface area contributed by atoms with Crippen LogP contribution in [-0.4, -0.2) is 62.1 Å². The first-order valence-corrected chi connectivity index (χ1v) is 12.4. The summed E-state index contributed by atoms with van der Waals surface area (Å²) in [6.07, 6.45) is 4.81. The van der Waals surface area contributed by atoms with Crippen LogP contribution in [0.15, 0.2) is 36.7 Å². The van der Waals surface area contributed by atoms with Gasteiger partial charge in [-0.25, -0.2) is 18.3 Å². The maximum absolute atomic E-state index is 14.7. The standard InChI is InChI=1S/C24H27F2N7OS/c1-15-14-34-11-10-31(15)23(28)35-21(27)17-13-29-33-9-6-20(30-22(17)33)32-8-3-7-24(32,2)18-12-16(25)4-5-19(18)26/h4-6,9,12-13,15,27-28H,3,7-8,10-11,14H2,1-2H3/t15-,24-/m1/s1. The van der Waals surface area contributed by atoms with Crippen LogP contribution in [0.3, 0.4) is 0 Å². The molecule has 4 heterocycles. The third-order valence-electron chi connectivity index (χ3n) is 6.85. The smallest absolute Gasteiger partial charge is 0.167 e. The second-order valence-corrected chi connectivity index (χ2v) is 10.1. The van der Waals surface area contributed by atoms with Gasteiger partial charge in [0.25, 0.3) is 0 Å². The quantitative estimate of drug-likeness (QED) is 0.414. The van der Waals surface area contributed by atoms with E-state index in [-0.39, 0.29) is 16.3 Å². The zero-order valence-corrected chi connectivity index (χ0v) is 20.4. The van der Waals surface area contributed by atoms with Crippen LogP contribution in [0.2, 0.25) is 0 Å². The first-order valence-electron chi connectivity index (χ1n) is 11.6. The highest BCUT2D eigenvalue weighted by Gasteiger charge is 2.41. The summed E-state index contributed by atoms with van der Waals surface area (Å²) in [7, 11) is 0. The number of rotatable bonds is 3. The van der Waals surface area contributed by atoms with Crippen LogP contribution in [0.25, 0.3) is 5.65 Å². The molecule has 3 aromatic rings. The fourth-order valence-corrected chi connectivity index (χ4v) is 5.77. The van der Waals surface area contributed by atoms with Crippen LogP contribution >= 0.6 is 11.8 Å². The number of amidine groups is 1. The first-order chi connectivity index (χ1) is 16.8. The molecule has 0 radical (unpaired) electrons. The Morgan fingerprint density at radius 3 is 2.86 bits per heavy atom. The molecular weight excluding hydrogens is 472 g/mol. The summed E-state index contributed by atoms with van der Waals surface area (Å²) >= 11 is 1.06. The number of nitrogens with one attached hydrogen (secondary N) is 2. The lowest BCUT2D eigenvalue weighted by atomic mass is 9.88. The molecule has 0 bridgehead atoms. The molecule has 0 unspecified atom stereocenters. The zero-order valence-electron chi connectivity index (χ0n) is 19.6. The average Bonchev–Trinajstić information content (AvgIpc) is 3.44. The normalized spacial score (nSPS) is 22.7. The molecular formula is C24H27F2N7OS. The van der Waals surface area contributed by atoms with E-state index in [1.165, 1.54) is 12.1 Å². The Morgan fingerprint density at radius 1 is 1.23 bits per heavy atom. The van der Waals surface area contributed by atoms with Crippen LogP contribution in [0.5, 0.6) is 0 Å². The van der Waals surface area contributed by atoms with Gasteiger partial charge in [0.15, 0.2) is 10.8 Å². The van der Waals surface area contributed by atoms with Gasteiger partial charge in [0.1, 0.15) is 22.5 Å². The van der Waals surface area contributed by atoms with Gasteiger partial charge in [-0.05, 0) is 62.7 Å². The molecule has 8 nitrogen and oxygen atoms in total. The number of ether oxygens (including phenoxy) is 1. The van der Waals surface area contributed by atoms with Gasteiger partial charge in [0, 0.05) is 24.8 Å². The Bertz CT molecular complexity index is 1300. The molecule has 11 heteroatoms. The summed E-state index contributed by atoms with van der Waals surface area (Å²) in [6, 6.07) is 5.44. The number of halogens is 2. The topological polar surface area (TPSA) is 93.6 Å². The summed E-state index contributed by atoms with van der Waals surface area (Å²) in [5.41, 5.74) is 0.549. The molecule has 5 rings (SSSR count). The van der Waals surface area contributed by atoms with E-state index in [0.29, 0.717) is 55.3 Å². The zero-order chi connectivity index (χ0) is 24.7. The predicted octanol–water partition coefficient (Wildman–Crippen LogP) is 4.24. The lowest BCUT2D eigenvalue weighted by Gasteiger charge is -2.37. The van der Waals surface area contributed by atoms with E-state index < -0.39 is 17.2 Å². The van der Waals surface area contributed by atoms with Crippen LogP contribution in [0, 0.1) is 22.5 Å². The Hall–Kier alpha value is -3.05. The van der Waals surface area contributed by atoms with Crippen molar-refractivity contribution in [1.82, 2.24) is 19.5 Å². The van der Waals surface area contributed by atoms with Crippen molar-refractivity contribution in [2.24, 2.45) is 0 Å². The van der Waals surface area contributed by atoms with Gasteiger partial charge in [0.2, 0.25) is 0 Å². The molecule has 2 aromatic heterocycles. The molecule has 2 aliphatic rings. The van der Waals surface area contributed by atoms with Crippen LogP contribution < -0.4 is 4.90 Å². The van der Waals surface area contributed by atoms with E-state index in [2.05, 4.69) is 5.10 Å². The van der Waals surface area contributed by atoms with E-state index in [9.17, 15) is 8.78 Å². The Morgan fingerprint density at radius 2 is 2.06 bits per heavy atom. The minimum atomic E-state index is -0.755. The van der Waals surface area contributed by atoms with E-state index in [0.717, 1.165) is 24.2 Å². The second-order valence-electron chi connectivity index (χ2n) is 9.12. The van der Waals surface area contributed by atoms with E-state index in [1.54, 1.807) is 23.0 Å². The monoisotopic (exact) mass is 499 g/mol. The molecule has 2 atom stereocenters. The summed E-state index contributed by atoms with van der Waals surface area (Å²) in [4.78, 5) is 8.72. The number of nitrogens with zero attached hydrogens (tertiary/aromatic N) is 5. The van der Waals surface area contributed by atoms with Crippen molar-refractivity contribution in [2.75, 3.05) is 31.2 Å². The molecule has 0 spiro atoms. The third-order valence-corrected chi connectivity index (χ3v) is 7.70. The molecule has 184 valence electrons. The number of aromatic nitrogens is 3. The lowest BCUT2D eigenvalue weighted by Crippen LogP contribution is -2.46. The Labute approximate surface area is 206 Å². The van der Waals surface area contributed by atoms with Gasteiger partial charge in [-0.15, -0.1) is 0 Å². The minimum absolute atomic E-state index is 0.0706. The summed E-state index contributed by atoms with van der Waals surface area (Å²) in [5.74, 6) is -0.308. The van der Waals surface area contributed by atoms with Gasteiger partial charge in [0.05, 0.1) is 36.6 Å². The van der Waals surface area contributed by atoms with Crippen molar-refractivity contribution < 1.29 is 13.5 Å². The molecule has 1 aromatic carbocycles. The molecule has 2 aliphatic heterocycles. The van der Waals surface area contributed by atoms with Crippen molar-refractivity contribution in [3.8, 4) is 0 Å². The maximum Gasteiger partial charge on any atom is 0.167 e. The summed E-state index contributed by atoms with van der Waals surface area (Å²) in [5, 5.41) is 21.9. The van der Waals surface area contributed by atoms with Gasteiger partial charge in [-0.2, -0.15) is 5.10 Å². The van der Waals surface area contributed by atoms with Crippen molar-refractivity contribution >= 4 is 33.4 Å². The van der Waals surface area contributed by atoms with Crippen LogP contribution in [0.4, 0.5) is 14.6 Å².